The number of benzene rings is 1. The van der Waals surface area contributed by atoms with Crippen LogP contribution in [0.5, 0.6) is 5.75 Å². The van der Waals surface area contributed by atoms with E-state index >= 15 is 0 Å². The Hall–Kier alpha value is -1.88. The molecular weight excluding hydrogens is 284 g/mol. The highest BCUT2D eigenvalue weighted by atomic mass is 32.1. The van der Waals surface area contributed by atoms with Gasteiger partial charge in [0.05, 0.1) is 5.69 Å². The predicted octanol–water partition coefficient (Wildman–Crippen LogP) is 4.83. The van der Waals surface area contributed by atoms with Crippen molar-refractivity contribution in [3.05, 3.63) is 42.1 Å². The maximum atomic E-state index is 11.8. The number of anilines is 1. The van der Waals surface area contributed by atoms with Crippen LogP contribution in [0, 0.1) is 0 Å². The molecule has 0 saturated heterocycles. The van der Waals surface area contributed by atoms with Crippen molar-refractivity contribution in [1.29, 1.82) is 0 Å². The van der Waals surface area contributed by atoms with E-state index in [0.29, 0.717) is 10.8 Å². The van der Waals surface area contributed by atoms with Gasteiger partial charge < -0.3 is 4.74 Å². The average Bonchev–Trinajstić information content (AvgIpc) is 2.96. The molecule has 0 unspecified atom stereocenters. The summed E-state index contributed by atoms with van der Waals surface area (Å²) in [6, 6.07) is 10.9. The number of carbonyl (C=O) groups excluding carboxylic acids is 1. The van der Waals surface area contributed by atoms with E-state index in [0.717, 1.165) is 18.5 Å². The molecule has 0 radical (unpaired) electrons. The summed E-state index contributed by atoms with van der Waals surface area (Å²) in [4.78, 5) is 11.8. The van der Waals surface area contributed by atoms with E-state index < -0.39 is 6.09 Å². The fourth-order valence-corrected chi connectivity index (χ4v) is 2.72. The highest BCUT2D eigenvalue weighted by Crippen LogP contribution is 2.33. The first kappa shape index (κ1) is 15.5. The van der Waals surface area contributed by atoms with E-state index in [1.807, 2.05) is 24.3 Å². The van der Waals surface area contributed by atoms with Gasteiger partial charge in [-0.25, -0.2) is 4.79 Å². The summed E-state index contributed by atoms with van der Waals surface area (Å²) in [6.45, 7) is 6.49. The van der Waals surface area contributed by atoms with Crippen LogP contribution in [0.3, 0.4) is 0 Å². The highest BCUT2D eigenvalue weighted by Gasteiger charge is 2.25. The van der Waals surface area contributed by atoms with E-state index in [4.69, 9.17) is 4.74 Å². The van der Waals surface area contributed by atoms with E-state index in [-0.39, 0.29) is 5.41 Å². The predicted molar refractivity (Wildman–Crippen MR) is 86.1 cm³/mol. The second-order valence-corrected chi connectivity index (χ2v) is 5.98. The molecule has 1 aromatic heterocycles. The molecule has 21 heavy (non-hydrogen) atoms. The molecule has 0 fully saturated rings. The van der Waals surface area contributed by atoms with E-state index in [2.05, 4.69) is 30.5 Å². The van der Waals surface area contributed by atoms with Gasteiger partial charge in [0.25, 0.3) is 0 Å². The second kappa shape index (κ2) is 6.72. The van der Waals surface area contributed by atoms with Gasteiger partial charge in [0, 0.05) is 5.41 Å². The molecule has 2 aromatic rings. The highest BCUT2D eigenvalue weighted by molar-refractivity contribution is 7.10. The van der Waals surface area contributed by atoms with Crippen LogP contribution in [0.4, 0.5) is 9.80 Å². The molecule has 0 spiro atoms. The van der Waals surface area contributed by atoms with Gasteiger partial charge in [-0.05, 0) is 42.6 Å². The first-order valence-corrected chi connectivity index (χ1v) is 7.86. The molecule has 5 heteroatoms. The fraction of sp³-hybridized carbons (Fsp3) is 0.375. The van der Waals surface area contributed by atoms with E-state index in [1.54, 1.807) is 12.1 Å². The van der Waals surface area contributed by atoms with Gasteiger partial charge in [0.1, 0.15) is 10.8 Å². The number of nitrogens with one attached hydrogen (secondary N) is 1. The van der Waals surface area contributed by atoms with Gasteiger partial charge in [-0.1, -0.05) is 39.0 Å². The number of hydrogen-bond donors (Lipinski definition) is 1. The van der Waals surface area contributed by atoms with Crippen LogP contribution in [0.15, 0.2) is 36.4 Å². The third kappa shape index (κ3) is 3.82. The number of ether oxygens (including phenoxy) is 1. The summed E-state index contributed by atoms with van der Waals surface area (Å²) >= 11 is 1.28. The number of para-hydroxylation sites is 1. The lowest BCUT2D eigenvalue weighted by atomic mass is 9.81. The summed E-state index contributed by atoms with van der Waals surface area (Å²) in [6.07, 6.45) is 1.54. The van der Waals surface area contributed by atoms with Crippen molar-refractivity contribution in [2.45, 2.75) is 39.0 Å². The molecule has 1 aromatic carbocycles. The monoisotopic (exact) mass is 304 g/mol. The van der Waals surface area contributed by atoms with Gasteiger partial charge in [0.2, 0.25) is 0 Å². The molecule has 4 nitrogen and oxygen atoms in total. The van der Waals surface area contributed by atoms with E-state index in [1.165, 1.54) is 11.5 Å². The van der Waals surface area contributed by atoms with Crippen molar-refractivity contribution in [3.63, 3.8) is 0 Å². The molecule has 0 aliphatic carbocycles. The zero-order valence-corrected chi connectivity index (χ0v) is 13.4. The topological polar surface area (TPSA) is 51.2 Å². The first-order chi connectivity index (χ1) is 10.1. The molecule has 0 atom stereocenters. The number of carbonyl (C=O) groups is 1. The molecule has 2 rings (SSSR count). The molecule has 0 aliphatic heterocycles. The Morgan fingerprint density at radius 2 is 1.95 bits per heavy atom. The van der Waals surface area contributed by atoms with Crippen molar-refractivity contribution in [2.24, 2.45) is 0 Å². The Morgan fingerprint density at radius 1 is 1.29 bits per heavy atom. The number of nitrogens with zero attached hydrogens (tertiary/aromatic N) is 1. The van der Waals surface area contributed by atoms with Crippen molar-refractivity contribution < 1.29 is 9.53 Å². The zero-order valence-electron chi connectivity index (χ0n) is 12.6. The van der Waals surface area contributed by atoms with Crippen LogP contribution in [0.1, 0.15) is 39.3 Å². The van der Waals surface area contributed by atoms with Crippen molar-refractivity contribution in [3.8, 4) is 5.75 Å². The quantitative estimate of drug-likeness (QED) is 0.860. The smallest absolute Gasteiger partial charge is 0.410 e. The fourth-order valence-electron chi connectivity index (χ4n) is 1.95. The summed E-state index contributed by atoms with van der Waals surface area (Å²) in [5.74, 6) is 0.520. The van der Waals surface area contributed by atoms with Crippen LogP contribution in [-0.2, 0) is 5.41 Å². The van der Waals surface area contributed by atoms with Gasteiger partial charge in [-0.2, -0.15) is 4.37 Å². The molecule has 0 bridgehead atoms. The molecule has 0 aliphatic rings. The molecule has 1 N–H and O–H groups in total. The first-order valence-electron chi connectivity index (χ1n) is 7.08. The summed E-state index contributed by atoms with van der Waals surface area (Å²) in [5.41, 5.74) is 1.08. The normalized spacial score (nSPS) is 11.2. The lowest BCUT2D eigenvalue weighted by molar-refractivity contribution is 0.215. The Kier molecular flexibility index (Phi) is 4.96. The average molecular weight is 304 g/mol. The van der Waals surface area contributed by atoms with Gasteiger partial charge in [-0.15, -0.1) is 0 Å². The van der Waals surface area contributed by atoms with Crippen LogP contribution >= 0.6 is 11.5 Å². The number of rotatable bonds is 5. The molecule has 1 heterocycles. The maximum absolute atomic E-state index is 11.8. The van der Waals surface area contributed by atoms with Gasteiger partial charge >= 0.3 is 6.09 Å². The summed E-state index contributed by atoms with van der Waals surface area (Å²) in [7, 11) is 0. The Balaban J connectivity index is 2.01. The van der Waals surface area contributed by atoms with Crippen LogP contribution in [0.2, 0.25) is 0 Å². The van der Waals surface area contributed by atoms with Crippen molar-refractivity contribution in [2.75, 3.05) is 5.32 Å². The minimum Gasteiger partial charge on any atom is -0.410 e. The Labute approximate surface area is 129 Å². The molecule has 0 saturated carbocycles. The number of hydrogen-bond acceptors (Lipinski definition) is 4. The Morgan fingerprint density at radius 3 is 2.57 bits per heavy atom. The summed E-state index contributed by atoms with van der Waals surface area (Å²) < 4.78 is 9.66. The third-order valence-electron chi connectivity index (χ3n) is 3.87. The molecule has 1 amide bonds. The van der Waals surface area contributed by atoms with Crippen molar-refractivity contribution >= 4 is 22.6 Å². The van der Waals surface area contributed by atoms with Gasteiger partial charge in [-0.3, -0.25) is 5.32 Å². The zero-order chi connectivity index (χ0) is 15.3. The van der Waals surface area contributed by atoms with Crippen LogP contribution < -0.4 is 10.1 Å². The SMILES string of the molecule is CCC(C)(CC)c1cc(NC(=O)Oc2ccccc2)sn1. The largest absolute Gasteiger partial charge is 0.417 e. The van der Waals surface area contributed by atoms with E-state index in [9.17, 15) is 4.79 Å². The van der Waals surface area contributed by atoms with Crippen molar-refractivity contribution in [1.82, 2.24) is 4.37 Å². The minimum absolute atomic E-state index is 0.0553. The molecule has 112 valence electrons. The van der Waals surface area contributed by atoms with Crippen LogP contribution in [-0.4, -0.2) is 10.5 Å². The third-order valence-corrected chi connectivity index (χ3v) is 4.57. The van der Waals surface area contributed by atoms with Gasteiger partial charge in [0.15, 0.2) is 0 Å². The van der Waals surface area contributed by atoms with Crippen LogP contribution in [0.25, 0.3) is 0 Å². The standard InChI is InChI=1S/C16H20N2O2S/c1-4-16(3,5-2)13-11-14(21-18-13)17-15(19)20-12-9-7-6-8-10-12/h6-11H,4-5H2,1-3H3,(H,17,19). The minimum atomic E-state index is -0.494. The summed E-state index contributed by atoms with van der Waals surface area (Å²) in [5, 5.41) is 3.43. The lowest BCUT2D eigenvalue weighted by Crippen LogP contribution is -2.20. The molecular formula is C16H20N2O2S. The Bertz CT molecular complexity index is 591. The maximum Gasteiger partial charge on any atom is 0.417 e. The lowest BCUT2D eigenvalue weighted by Gasteiger charge is -2.23. The number of amides is 1. The second-order valence-electron chi connectivity index (χ2n) is 5.17. The number of aromatic nitrogens is 1.